The summed E-state index contributed by atoms with van der Waals surface area (Å²) in [6.07, 6.45) is 2.43. The van der Waals surface area contributed by atoms with Gasteiger partial charge in [0, 0.05) is 17.5 Å². The van der Waals surface area contributed by atoms with Crippen molar-refractivity contribution < 1.29 is 4.74 Å². The van der Waals surface area contributed by atoms with Crippen molar-refractivity contribution in [3.8, 4) is 0 Å². The highest BCUT2D eigenvalue weighted by molar-refractivity contribution is 6.36. The summed E-state index contributed by atoms with van der Waals surface area (Å²) in [5.74, 6) is 0.617. The van der Waals surface area contributed by atoms with Crippen LogP contribution in [0.15, 0.2) is 23.2 Å². The molecule has 4 aliphatic heterocycles. The van der Waals surface area contributed by atoms with Gasteiger partial charge in [-0.2, -0.15) is 0 Å². The molecule has 6 heteroatoms. The first-order valence-corrected chi connectivity index (χ1v) is 8.08. The van der Waals surface area contributed by atoms with E-state index in [1.165, 1.54) is 25.9 Å². The minimum absolute atomic E-state index is 0.127. The molecule has 1 aromatic carbocycles. The summed E-state index contributed by atoms with van der Waals surface area (Å²) in [5, 5.41) is 4.38. The second-order valence-corrected chi connectivity index (χ2v) is 6.93. The maximum absolute atomic E-state index is 6.22. The molecule has 0 aliphatic carbocycles. The smallest absolute Gasteiger partial charge is 0.290 e. The van der Waals surface area contributed by atoms with Crippen LogP contribution in [0, 0.1) is 5.92 Å². The Labute approximate surface area is 134 Å². The molecule has 0 radical (unpaired) electrons. The number of ether oxygens (including phenoxy) is 1. The summed E-state index contributed by atoms with van der Waals surface area (Å²) in [6, 6.07) is 5.94. The molecule has 1 spiro atoms. The molecule has 5 rings (SSSR count). The predicted molar refractivity (Wildman–Crippen MR) is 85.4 cm³/mol. The number of anilines is 1. The average Bonchev–Trinajstić information content (AvgIpc) is 2.86. The number of aliphatic imine (C=N–C) groups is 1. The van der Waals surface area contributed by atoms with Gasteiger partial charge >= 0.3 is 0 Å². The minimum atomic E-state index is -0.127. The Morgan fingerprint density at radius 2 is 2.10 bits per heavy atom. The van der Waals surface area contributed by atoms with Gasteiger partial charge in [-0.05, 0) is 44.1 Å². The van der Waals surface area contributed by atoms with Crippen molar-refractivity contribution in [3.05, 3.63) is 28.2 Å². The quantitative estimate of drug-likeness (QED) is 0.861. The number of halogens is 2. The minimum Gasteiger partial charge on any atom is -0.455 e. The van der Waals surface area contributed by atoms with E-state index in [0.717, 1.165) is 18.8 Å². The average molecular weight is 326 g/mol. The SMILES string of the molecule is Clc1ccc(NC2=NC[C@@]3(CN4CCC3CC4)O2)c(Cl)c1. The molecule has 112 valence electrons. The van der Waals surface area contributed by atoms with E-state index in [4.69, 9.17) is 27.9 Å². The highest BCUT2D eigenvalue weighted by Gasteiger charge is 2.51. The van der Waals surface area contributed by atoms with E-state index in [-0.39, 0.29) is 5.60 Å². The zero-order valence-electron chi connectivity index (χ0n) is 11.6. The fourth-order valence-corrected chi connectivity index (χ4v) is 4.11. The Balaban J connectivity index is 1.49. The molecule has 1 N–H and O–H groups in total. The number of benzene rings is 1. The van der Waals surface area contributed by atoms with Crippen LogP contribution in [-0.2, 0) is 4.74 Å². The summed E-state index contributed by atoms with van der Waals surface area (Å²) in [6.45, 7) is 4.12. The Kier molecular flexibility index (Phi) is 3.28. The highest BCUT2D eigenvalue weighted by Crippen LogP contribution is 2.41. The maximum atomic E-state index is 6.22. The topological polar surface area (TPSA) is 36.9 Å². The van der Waals surface area contributed by atoms with Crippen LogP contribution in [-0.4, -0.2) is 42.7 Å². The number of fused-ring (bicyclic) bond motifs is 2. The van der Waals surface area contributed by atoms with Crippen molar-refractivity contribution >= 4 is 34.9 Å². The molecule has 0 aromatic heterocycles. The van der Waals surface area contributed by atoms with E-state index in [2.05, 4.69) is 15.2 Å². The van der Waals surface area contributed by atoms with Crippen molar-refractivity contribution in [2.24, 2.45) is 10.9 Å². The number of nitrogens with one attached hydrogen (secondary N) is 1. The number of hydrogen-bond donors (Lipinski definition) is 1. The molecule has 1 aromatic rings. The van der Waals surface area contributed by atoms with Crippen molar-refractivity contribution in [1.29, 1.82) is 0 Å². The fraction of sp³-hybridized carbons (Fsp3) is 0.533. The lowest BCUT2D eigenvalue weighted by molar-refractivity contribution is -0.0829. The molecular weight excluding hydrogens is 309 g/mol. The Morgan fingerprint density at radius 1 is 1.29 bits per heavy atom. The maximum Gasteiger partial charge on any atom is 0.290 e. The summed E-state index contributed by atoms with van der Waals surface area (Å²) in [4.78, 5) is 7.04. The van der Waals surface area contributed by atoms with Gasteiger partial charge in [0.15, 0.2) is 0 Å². The van der Waals surface area contributed by atoms with Gasteiger partial charge < -0.3 is 10.1 Å². The van der Waals surface area contributed by atoms with E-state index < -0.39 is 0 Å². The number of nitrogens with zero attached hydrogens (tertiary/aromatic N) is 2. The molecule has 3 saturated heterocycles. The second-order valence-electron chi connectivity index (χ2n) is 6.09. The van der Waals surface area contributed by atoms with Crippen LogP contribution < -0.4 is 5.32 Å². The summed E-state index contributed by atoms with van der Waals surface area (Å²) in [5.41, 5.74) is 0.649. The van der Waals surface area contributed by atoms with Crippen molar-refractivity contribution in [2.75, 3.05) is 31.5 Å². The standard InChI is InChI=1S/C15H17Cl2N3O/c16-11-1-2-13(12(17)7-11)19-14-18-8-15(21-14)9-20-5-3-10(15)4-6-20/h1-2,7,10H,3-6,8-9H2,(H,18,19)/t15-/m0/s1. The van der Waals surface area contributed by atoms with Gasteiger partial charge in [-0.15, -0.1) is 0 Å². The first kappa shape index (κ1) is 13.7. The second kappa shape index (κ2) is 5.04. The van der Waals surface area contributed by atoms with E-state index in [9.17, 15) is 0 Å². The number of amidine groups is 1. The molecule has 4 nitrogen and oxygen atoms in total. The van der Waals surface area contributed by atoms with Gasteiger partial charge in [-0.1, -0.05) is 23.2 Å². The number of hydrogen-bond acceptors (Lipinski definition) is 4. The van der Waals surface area contributed by atoms with E-state index in [0.29, 0.717) is 22.0 Å². The van der Waals surface area contributed by atoms with Gasteiger partial charge in [0.25, 0.3) is 6.02 Å². The van der Waals surface area contributed by atoms with Gasteiger partial charge in [-0.25, -0.2) is 4.99 Å². The summed E-state index contributed by atoms with van der Waals surface area (Å²) >= 11 is 12.1. The normalized spacial score (nSPS) is 33.9. The largest absolute Gasteiger partial charge is 0.455 e. The molecule has 0 unspecified atom stereocenters. The van der Waals surface area contributed by atoms with Crippen LogP contribution in [0.2, 0.25) is 10.0 Å². The highest BCUT2D eigenvalue weighted by atomic mass is 35.5. The molecular formula is C15H17Cl2N3O. The zero-order valence-corrected chi connectivity index (χ0v) is 13.1. The monoisotopic (exact) mass is 325 g/mol. The molecule has 21 heavy (non-hydrogen) atoms. The lowest BCUT2D eigenvalue weighted by atomic mass is 9.75. The Bertz CT molecular complexity index is 599. The number of rotatable bonds is 1. The number of piperidine rings is 3. The van der Waals surface area contributed by atoms with Gasteiger partial charge in [0.05, 0.1) is 17.3 Å². The molecule has 3 fully saturated rings. The van der Waals surface area contributed by atoms with Crippen LogP contribution in [0.5, 0.6) is 0 Å². The van der Waals surface area contributed by atoms with Crippen LogP contribution >= 0.6 is 23.2 Å². The molecule has 4 aliphatic rings. The summed E-state index contributed by atoms with van der Waals surface area (Å²) in [7, 11) is 0. The van der Waals surface area contributed by atoms with Gasteiger partial charge in [-0.3, -0.25) is 4.90 Å². The predicted octanol–water partition coefficient (Wildman–Crippen LogP) is 3.26. The Morgan fingerprint density at radius 3 is 2.76 bits per heavy atom. The molecule has 0 amide bonds. The third-order valence-corrected chi connectivity index (χ3v) is 5.33. The van der Waals surface area contributed by atoms with Crippen molar-refractivity contribution in [3.63, 3.8) is 0 Å². The molecule has 1 atom stereocenters. The zero-order chi connectivity index (χ0) is 14.4. The van der Waals surface area contributed by atoms with Crippen LogP contribution in [0.25, 0.3) is 0 Å². The van der Waals surface area contributed by atoms with Crippen molar-refractivity contribution in [2.45, 2.75) is 18.4 Å². The fourth-order valence-electron chi connectivity index (χ4n) is 3.65. The van der Waals surface area contributed by atoms with Gasteiger partial charge in [0.2, 0.25) is 0 Å². The molecule has 4 heterocycles. The third-order valence-electron chi connectivity index (χ3n) is 4.79. The van der Waals surface area contributed by atoms with E-state index in [1.807, 2.05) is 6.07 Å². The van der Waals surface area contributed by atoms with Crippen molar-refractivity contribution in [1.82, 2.24) is 4.90 Å². The lowest BCUT2D eigenvalue weighted by Gasteiger charge is -2.50. The molecule has 0 saturated carbocycles. The Hall–Kier alpha value is -0.970. The first-order valence-electron chi connectivity index (χ1n) is 7.33. The lowest BCUT2D eigenvalue weighted by Crippen LogP contribution is -2.61. The van der Waals surface area contributed by atoms with Crippen LogP contribution in [0.4, 0.5) is 5.69 Å². The van der Waals surface area contributed by atoms with E-state index >= 15 is 0 Å². The first-order chi connectivity index (χ1) is 10.1. The summed E-state index contributed by atoms with van der Waals surface area (Å²) < 4.78 is 6.22. The molecule has 2 bridgehead atoms. The van der Waals surface area contributed by atoms with Crippen LogP contribution in [0.1, 0.15) is 12.8 Å². The van der Waals surface area contributed by atoms with Crippen LogP contribution in [0.3, 0.4) is 0 Å². The van der Waals surface area contributed by atoms with E-state index in [1.54, 1.807) is 12.1 Å². The van der Waals surface area contributed by atoms with Gasteiger partial charge in [0.1, 0.15) is 5.60 Å². The third kappa shape index (κ3) is 2.39.